The highest BCUT2D eigenvalue weighted by Crippen LogP contribution is 2.19. The molecule has 0 bridgehead atoms. The lowest BCUT2D eigenvalue weighted by molar-refractivity contribution is 0.0358. The predicted molar refractivity (Wildman–Crippen MR) is 91.2 cm³/mol. The summed E-state index contributed by atoms with van der Waals surface area (Å²) in [6.45, 7) is 5.88. The molecular formula is C18H21N3O3. The van der Waals surface area contributed by atoms with Gasteiger partial charge in [-0.1, -0.05) is 30.3 Å². The van der Waals surface area contributed by atoms with E-state index in [0.29, 0.717) is 17.7 Å². The molecule has 2 aromatic rings. The number of carbonyl (C=O) groups excluding carboxylic acids is 1. The Morgan fingerprint density at radius 3 is 2.54 bits per heavy atom. The van der Waals surface area contributed by atoms with E-state index in [9.17, 15) is 9.59 Å². The van der Waals surface area contributed by atoms with Gasteiger partial charge < -0.3 is 4.74 Å². The molecule has 1 aromatic heterocycles. The molecule has 3 rings (SSSR count). The van der Waals surface area contributed by atoms with Crippen molar-refractivity contribution in [2.45, 2.75) is 13.5 Å². The number of hydrogen-bond donors (Lipinski definition) is 0. The van der Waals surface area contributed by atoms with Gasteiger partial charge in [-0.05, 0) is 12.5 Å². The number of Topliss-reactive ketones (excluding diaryl/α,β-unsaturated/α-hetero) is 1. The largest absolute Gasteiger partial charge is 0.379 e. The molecule has 1 fully saturated rings. The second-order valence-corrected chi connectivity index (χ2v) is 5.84. The molecule has 1 aliphatic heterocycles. The average Bonchev–Trinajstić information content (AvgIpc) is 2.62. The van der Waals surface area contributed by atoms with Crippen molar-refractivity contribution in [3.8, 4) is 11.1 Å². The quantitative estimate of drug-likeness (QED) is 0.778. The van der Waals surface area contributed by atoms with Crippen LogP contribution in [0.2, 0.25) is 0 Å². The van der Waals surface area contributed by atoms with Crippen LogP contribution >= 0.6 is 0 Å². The van der Waals surface area contributed by atoms with Crippen molar-refractivity contribution in [2.24, 2.45) is 0 Å². The Hall–Kier alpha value is -2.31. The summed E-state index contributed by atoms with van der Waals surface area (Å²) in [5.74, 6) is -0.154. The van der Waals surface area contributed by atoms with Crippen LogP contribution in [0.5, 0.6) is 0 Å². The van der Waals surface area contributed by atoms with Crippen LogP contribution in [0.4, 0.5) is 0 Å². The van der Waals surface area contributed by atoms with Gasteiger partial charge in [-0.25, -0.2) is 4.68 Å². The Labute approximate surface area is 140 Å². The van der Waals surface area contributed by atoms with Gasteiger partial charge in [0.2, 0.25) is 0 Å². The van der Waals surface area contributed by atoms with Gasteiger partial charge >= 0.3 is 0 Å². The lowest BCUT2D eigenvalue weighted by Crippen LogP contribution is -2.40. The summed E-state index contributed by atoms with van der Waals surface area (Å²) < 4.78 is 6.78. The fraction of sp³-hybridized carbons (Fsp3) is 0.389. The summed E-state index contributed by atoms with van der Waals surface area (Å²) >= 11 is 0. The average molecular weight is 327 g/mol. The van der Waals surface area contributed by atoms with Crippen molar-refractivity contribution in [3.05, 3.63) is 52.4 Å². The van der Waals surface area contributed by atoms with Crippen LogP contribution in [0.15, 0.2) is 41.3 Å². The standard InChI is InChI=1S/C18H21N3O3/c1-14(22)16-13-19-21(8-7-20-9-11-24-12-10-20)18(23)17(16)15-5-3-2-4-6-15/h2-6,13H,7-12H2,1H3. The summed E-state index contributed by atoms with van der Waals surface area (Å²) in [6, 6.07) is 9.29. The summed E-state index contributed by atoms with van der Waals surface area (Å²) in [5.41, 5.74) is 1.33. The number of rotatable bonds is 5. The minimum absolute atomic E-state index is 0.154. The van der Waals surface area contributed by atoms with Crippen LogP contribution in [-0.4, -0.2) is 53.3 Å². The molecule has 0 amide bonds. The molecule has 24 heavy (non-hydrogen) atoms. The maximum absolute atomic E-state index is 12.9. The molecule has 0 radical (unpaired) electrons. The van der Waals surface area contributed by atoms with Gasteiger partial charge in [0.25, 0.3) is 5.56 Å². The Morgan fingerprint density at radius 2 is 1.88 bits per heavy atom. The van der Waals surface area contributed by atoms with Crippen LogP contribution in [0.3, 0.4) is 0 Å². The SMILES string of the molecule is CC(=O)c1cnn(CCN2CCOCC2)c(=O)c1-c1ccccc1. The van der Waals surface area contributed by atoms with E-state index in [2.05, 4.69) is 10.00 Å². The molecule has 0 unspecified atom stereocenters. The number of hydrogen-bond acceptors (Lipinski definition) is 5. The molecule has 2 heterocycles. The molecule has 1 saturated heterocycles. The fourth-order valence-electron chi connectivity index (χ4n) is 2.86. The smallest absolute Gasteiger partial charge is 0.275 e. The number of benzene rings is 1. The first kappa shape index (κ1) is 16.5. The molecule has 0 aliphatic carbocycles. The Kier molecular flexibility index (Phi) is 5.17. The zero-order valence-electron chi connectivity index (χ0n) is 13.8. The van der Waals surface area contributed by atoms with E-state index >= 15 is 0 Å². The number of ketones is 1. The maximum Gasteiger partial charge on any atom is 0.275 e. The molecule has 1 aromatic carbocycles. The van der Waals surface area contributed by atoms with E-state index < -0.39 is 0 Å². The number of carbonyl (C=O) groups is 1. The van der Waals surface area contributed by atoms with Crippen molar-refractivity contribution in [2.75, 3.05) is 32.8 Å². The van der Waals surface area contributed by atoms with Gasteiger partial charge in [-0.2, -0.15) is 5.10 Å². The molecule has 6 nitrogen and oxygen atoms in total. The van der Waals surface area contributed by atoms with Gasteiger partial charge in [0, 0.05) is 19.6 Å². The van der Waals surface area contributed by atoms with Crippen LogP contribution in [0, 0.1) is 0 Å². The fourth-order valence-corrected chi connectivity index (χ4v) is 2.86. The third-order valence-electron chi connectivity index (χ3n) is 4.22. The van der Waals surface area contributed by atoms with E-state index in [0.717, 1.165) is 38.4 Å². The van der Waals surface area contributed by atoms with Crippen molar-refractivity contribution < 1.29 is 9.53 Å². The molecular weight excluding hydrogens is 306 g/mol. The molecule has 126 valence electrons. The van der Waals surface area contributed by atoms with E-state index in [1.165, 1.54) is 17.8 Å². The normalized spacial score (nSPS) is 15.4. The third kappa shape index (κ3) is 3.60. The van der Waals surface area contributed by atoms with Gasteiger partial charge in [-0.3, -0.25) is 14.5 Å². The highest BCUT2D eigenvalue weighted by molar-refractivity contribution is 6.00. The monoisotopic (exact) mass is 327 g/mol. The number of aromatic nitrogens is 2. The first-order valence-electron chi connectivity index (χ1n) is 8.13. The van der Waals surface area contributed by atoms with Gasteiger partial charge in [0.05, 0.1) is 37.1 Å². The van der Waals surface area contributed by atoms with Gasteiger partial charge in [0.1, 0.15) is 0 Å². The zero-order valence-corrected chi connectivity index (χ0v) is 13.8. The lowest BCUT2D eigenvalue weighted by Gasteiger charge is -2.26. The number of nitrogens with zero attached hydrogens (tertiary/aromatic N) is 3. The van der Waals surface area contributed by atoms with Crippen molar-refractivity contribution >= 4 is 5.78 Å². The van der Waals surface area contributed by atoms with Gasteiger partial charge in [0.15, 0.2) is 5.78 Å². The van der Waals surface area contributed by atoms with Crippen LogP contribution in [-0.2, 0) is 11.3 Å². The molecule has 0 spiro atoms. The summed E-state index contributed by atoms with van der Waals surface area (Å²) in [5, 5.41) is 4.20. The summed E-state index contributed by atoms with van der Waals surface area (Å²) in [4.78, 5) is 27.0. The minimum atomic E-state index is -0.220. The van der Waals surface area contributed by atoms with Crippen molar-refractivity contribution in [1.82, 2.24) is 14.7 Å². The maximum atomic E-state index is 12.9. The molecule has 0 N–H and O–H groups in total. The van der Waals surface area contributed by atoms with E-state index in [1.54, 1.807) is 0 Å². The van der Waals surface area contributed by atoms with Crippen LogP contribution < -0.4 is 5.56 Å². The van der Waals surface area contributed by atoms with Crippen molar-refractivity contribution in [3.63, 3.8) is 0 Å². The summed E-state index contributed by atoms with van der Waals surface area (Å²) in [6.07, 6.45) is 1.51. The second kappa shape index (κ2) is 7.51. The third-order valence-corrected chi connectivity index (χ3v) is 4.22. The van der Waals surface area contributed by atoms with Crippen molar-refractivity contribution in [1.29, 1.82) is 0 Å². The Balaban J connectivity index is 1.91. The lowest BCUT2D eigenvalue weighted by atomic mass is 10.0. The Bertz CT molecular complexity index is 765. The van der Waals surface area contributed by atoms with E-state index in [-0.39, 0.29) is 11.3 Å². The zero-order chi connectivity index (χ0) is 16.9. The Morgan fingerprint density at radius 1 is 1.17 bits per heavy atom. The second-order valence-electron chi connectivity index (χ2n) is 5.84. The number of morpholine rings is 1. The van der Waals surface area contributed by atoms with Crippen LogP contribution in [0.25, 0.3) is 11.1 Å². The molecule has 6 heteroatoms. The topological polar surface area (TPSA) is 64.4 Å². The summed E-state index contributed by atoms with van der Waals surface area (Å²) in [7, 11) is 0. The van der Waals surface area contributed by atoms with E-state index in [4.69, 9.17) is 4.74 Å². The predicted octanol–water partition coefficient (Wildman–Crippen LogP) is 1.45. The molecule has 0 atom stereocenters. The number of ether oxygens (including phenoxy) is 1. The van der Waals surface area contributed by atoms with Gasteiger partial charge in [-0.15, -0.1) is 0 Å². The molecule has 1 aliphatic rings. The highest BCUT2D eigenvalue weighted by Gasteiger charge is 2.17. The van der Waals surface area contributed by atoms with Crippen LogP contribution in [0.1, 0.15) is 17.3 Å². The highest BCUT2D eigenvalue weighted by atomic mass is 16.5. The minimum Gasteiger partial charge on any atom is -0.379 e. The molecule has 0 saturated carbocycles. The first-order chi connectivity index (χ1) is 11.7. The van der Waals surface area contributed by atoms with E-state index in [1.807, 2.05) is 30.3 Å². The first-order valence-corrected chi connectivity index (χ1v) is 8.13.